The molecule has 0 bridgehead atoms. The smallest absolute Gasteiger partial charge is 0.129 e. The van der Waals surface area contributed by atoms with E-state index >= 15 is 0 Å². The molecule has 0 unspecified atom stereocenters. The largest absolute Gasteiger partial charge is 0.488 e. The van der Waals surface area contributed by atoms with Crippen LogP contribution in [0.3, 0.4) is 0 Å². The molecular weight excluding hydrogens is 231 g/mol. The summed E-state index contributed by atoms with van der Waals surface area (Å²) in [6.07, 6.45) is 0.456. The molecule has 0 N–H and O–H groups in total. The van der Waals surface area contributed by atoms with Crippen molar-refractivity contribution < 1.29 is 17.9 Å². The number of benzene rings is 1. The normalized spacial score (nSPS) is 16.9. The summed E-state index contributed by atoms with van der Waals surface area (Å²) in [5, 5.41) is 0. The van der Waals surface area contributed by atoms with E-state index < -0.39 is 11.6 Å². The van der Waals surface area contributed by atoms with E-state index in [0.29, 0.717) is 26.1 Å². The van der Waals surface area contributed by atoms with Crippen LogP contribution in [-0.2, 0) is 0 Å². The van der Waals surface area contributed by atoms with Crippen LogP contribution >= 0.6 is 0 Å². The van der Waals surface area contributed by atoms with Crippen molar-refractivity contribution in [2.24, 2.45) is 0 Å². The molecule has 0 aliphatic carbocycles. The fourth-order valence-corrected chi connectivity index (χ4v) is 1.85. The molecular formula is C12H14F3NO. The Morgan fingerprint density at radius 1 is 1.18 bits per heavy atom. The molecule has 5 heteroatoms. The van der Waals surface area contributed by atoms with Gasteiger partial charge in [-0.05, 0) is 6.42 Å². The Balaban J connectivity index is 1.79. The van der Waals surface area contributed by atoms with Gasteiger partial charge in [-0.15, -0.1) is 0 Å². The van der Waals surface area contributed by atoms with E-state index in [1.807, 2.05) is 4.90 Å². The maximum absolute atomic E-state index is 12.9. The number of ether oxygens (including phenoxy) is 1. The van der Waals surface area contributed by atoms with E-state index in [4.69, 9.17) is 4.74 Å². The molecule has 1 heterocycles. The molecule has 2 nitrogen and oxygen atoms in total. The summed E-state index contributed by atoms with van der Waals surface area (Å²) in [5.74, 6) is -1.08. The molecule has 0 atom stereocenters. The van der Waals surface area contributed by atoms with Crippen molar-refractivity contribution in [1.29, 1.82) is 0 Å². The molecule has 2 rings (SSSR count). The third-order valence-corrected chi connectivity index (χ3v) is 2.67. The quantitative estimate of drug-likeness (QED) is 0.789. The summed E-state index contributed by atoms with van der Waals surface area (Å²) >= 11 is 0. The lowest BCUT2D eigenvalue weighted by Crippen LogP contribution is -2.53. The van der Waals surface area contributed by atoms with Crippen molar-refractivity contribution in [2.75, 3.05) is 26.3 Å². The van der Waals surface area contributed by atoms with Gasteiger partial charge in [-0.1, -0.05) is 0 Å². The zero-order valence-corrected chi connectivity index (χ0v) is 9.33. The Labute approximate surface area is 98.0 Å². The summed E-state index contributed by atoms with van der Waals surface area (Å²) in [4.78, 5) is 2.04. The number of likely N-dealkylation sites (tertiary alicyclic amines) is 1. The van der Waals surface area contributed by atoms with Gasteiger partial charge in [0.2, 0.25) is 0 Å². The summed E-state index contributed by atoms with van der Waals surface area (Å²) in [6.45, 7) is 1.74. The van der Waals surface area contributed by atoms with Gasteiger partial charge in [0, 0.05) is 37.8 Å². The molecule has 94 valence electrons. The van der Waals surface area contributed by atoms with Crippen LogP contribution < -0.4 is 4.74 Å². The molecule has 1 saturated heterocycles. The lowest BCUT2D eigenvalue weighted by Gasteiger charge is -2.38. The summed E-state index contributed by atoms with van der Waals surface area (Å²) in [6, 6.07) is 3.13. The molecule has 0 amide bonds. The predicted octanol–water partition coefficient (Wildman–Crippen LogP) is 2.39. The standard InChI is InChI=1S/C12H14F3NO/c13-2-1-3-16-7-12(8-16)17-11-5-9(14)4-10(15)6-11/h4-6,12H,1-3,7-8H2. The van der Waals surface area contributed by atoms with Crippen molar-refractivity contribution in [2.45, 2.75) is 12.5 Å². The zero-order valence-electron chi connectivity index (χ0n) is 9.33. The molecule has 1 aromatic carbocycles. The first-order valence-electron chi connectivity index (χ1n) is 5.58. The number of hydrogen-bond donors (Lipinski definition) is 0. The highest BCUT2D eigenvalue weighted by Gasteiger charge is 2.27. The van der Waals surface area contributed by atoms with E-state index in [2.05, 4.69) is 0 Å². The average molecular weight is 245 g/mol. The third-order valence-electron chi connectivity index (χ3n) is 2.67. The van der Waals surface area contributed by atoms with E-state index in [1.165, 1.54) is 0 Å². The summed E-state index contributed by atoms with van der Waals surface area (Å²) < 4.78 is 43.1. The Morgan fingerprint density at radius 3 is 2.41 bits per heavy atom. The van der Waals surface area contributed by atoms with Crippen LogP contribution in [0.1, 0.15) is 6.42 Å². The molecule has 1 aliphatic heterocycles. The maximum Gasteiger partial charge on any atom is 0.129 e. The molecule has 1 fully saturated rings. The van der Waals surface area contributed by atoms with Crippen LogP contribution in [0.2, 0.25) is 0 Å². The number of nitrogens with zero attached hydrogens (tertiary/aromatic N) is 1. The van der Waals surface area contributed by atoms with Crippen LogP contribution in [0.4, 0.5) is 13.2 Å². The van der Waals surface area contributed by atoms with Gasteiger partial charge >= 0.3 is 0 Å². The third kappa shape index (κ3) is 3.36. The van der Waals surface area contributed by atoms with Gasteiger partial charge < -0.3 is 4.74 Å². The van der Waals surface area contributed by atoms with E-state index in [-0.39, 0.29) is 18.5 Å². The molecule has 1 aliphatic rings. The minimum absolute atomic E-state index is 0.0594. The van der Waals surface area contributed by atoms with Gasteiger partial charge in [0.1, 0.15) is 23.5 Å². The summed E-state index contributed by atoms with van der Waals surface area (Å²) in [5.41, 5.74) is 0. The minimum atomic E-state index is -0.645. The lowest BCUT2D eigenvalue weighted by molar-refractivity contribution is 0.0181. The van der Waals surface area contributed by atoms with Crippen molar-refractivity contribution >= 4 is 0 Å². The first-order chi connectivity index (χ1) is 8.17. The minimum Gasteiger partial charge on any atom is -0.488 e. The first-order valence-corrected chi connectivity index (χ1v) is 5.58. The second kappa shape index (κ2) is 5.40. The topological polar surface area (TPSA) is 12.5 Å². The Morgan fingerprint density at radius 2 is 1.82 bits per heavy atom. The van der Waals surface area contributed by atoms with Crippen molar-refractivity contribution in [3.05, 3.63) is 29.8 Å². The van der Waals surface area contributed by atoms with Gasteiger partial charge in [0.25, 0.3) is 0 Å². The second-order valence-corrected chi connectivity index (χ2v) is 4.15. The van der Waals surface area contributed by atoms with E-state index in [9.17, 15) is 13.2 Å². The molecule has 0 aromatic heterocycles. The van der Waals surface area contributed by atoms with Crippen molar-refractivity contribution in [3.63, 3.8) is 0 Å². The predicted molar refractivity (Wildman–Crippen MR) is 57.8 cm³/mol. The van der Waals surface area contributed by atoms with E-state index in [1.54, 1.807) is 0 Å². The highest BCUT2D eigenvalue weighted by atomic mass is 19.1. The highest BCUT2D eigenvalue weighted by molar-refractivity contribution is 5.24. The van der Waals surface area contributed by atoms with Crippen molar-refractivity contribution in [1.82, 2.24) is 4.90 Å². The molecule has 17 heavy (non-hydrogen) atoms. The maximum atomic E-state index is 12.9. The lowest BCUT2D eigenvalue weighted by atomic mass is 10.1. The summed E-state index contributed by atoms with van der Waals surface area (Å²) in [7, 11) is 0. The van der Waals surface area contributed by atoms with E-state index in [0.717, 1.165) is 18.2 Å². The van der Waals surface area contributed by atoms with Crippen LogP contribution in [0.5, 0.6) is 5.75 Å². The zero-order chi connectivity index (χ0) is 12.3. The van der Waals surface area contributed by atoms with Gasteiger partial charge in [0.05, 0.1) is 6.67 Å². The first kappa shape index (κ1) is 12.2. The Kier molecular flexibility index (Phi) is 3.89. The monoisotopic (exact) mass is 245 g/mol. The molecule has 1 aromatic rings. The SMILES string of the molecule is FCCCN1CC(Oc2cc(F)cc(F)c2)C1. The van der Waals surface area contributed by atoms with Crippen LogP contribution in [0.25, 0.3) is 0 Å². The van der Waals surface area contributed by atoms with Gasteiger partial charge in [-0.25, -0.2) is 8.78 Å². The fraction of sp³-hybridized carbons (Fsp3) is 0.500. The van der Waals surface area contributed by atoms with Crippen LogP contribution in [-0.4, -0.2) is 37.3 Å². The average Bonchev–Trinajstić information content (AvgIpc) is 2.19. The van der Waals surface area contributed by atoms with Gasteiger partial charge in [-0.2, -0.15) is 0 Å². The Hall–Kier alpha value is -1.23. The van der Waals surface area contributed by atoms with Crippen molar-refractivity contribution in [3.8, 4) is 5.75 Å². The molecule has 0 radical (unpaired) electrons. The van der Waals surface area contributed by atoms with Crippen LogP contribution in [0, 0.1) is 11.6 Å². The highest BCUT2D eigenvalue weighted by Crippen LogP contribution is 2.20. The number of rotatable bonds is 5. The molecule has 0 spiro atoms. The number of alkyl halides is 1. The fourth-order valence-electron chi connectivity index (χ4n) is 1.85. The van der Waals surface area contributed by atoms with Crippen LogP contribution in [0.15, 0.2) is 18.2 Å². The Bertz CT molecular complexity index is 360. The van der Waals surface area contributed by atoms with Gasteiger partial charge in [0.15, 0.2) is 0 Å². The molecule has 0 saturated carbocycles. The number of halogens is 3. The van der Waals surface area contributed by atoms with Gasteiger partial charge in [-0.3, -0.25) is 9.29 Å². The second-order valence-electron chi connectivity index (χ2n) is 4.15. The number of hydrogen-bond acceptors (Lipinski definition) is 2.